The first-order valence-corrected chi connectivity index (χ1v) is 5.82. The first-order chi connectivity index (χ1) is 6.36. The van der Waals surface area contributed by atoms with Crippen molar-refractivity contribution in [1.82, 2.24) is 0 Å². The van der Waals surface area contributed by atoms with E-state index in [-0.39, 0.29) is 0 Å². The minimum absolute atomic E-state index is 0.391. The Morgan fingerprint density at radius 1 is 1.15 bits per heavy atom. The molecule has 0 unspecified atom stereocenters. The van der Waals surface area contributed by atoms with Gasteiger partial charge in [0.05, 0.1) is 0 Å². The Kier molecular flexibility index (Phi) is 5.10. The molecular formula is C12H22O. The van der Waals surface area contributed by atoms with Crippen LogP contribution in [0.3, 0.4) is 0 Å². The van der Waals surface area contributed by atoms with Crippen LogP contribution in [-0.2, 0) is 4.79 Å². The Hall–Kier alpha value is -0.330. The molecule has 0 aliphatic heterocycles. The van der Waals surface area contributed by atoms with Crippen LogP contribution >= 0.6 is 0 Å². The molecule has 0 aromatic carbocycles. The highest BCUT2D eigenvalue weighted by Crippen LogP contribution is 2.30. The molecule has 0 amide bonds. The van der Waals surface area contributed by atoms with Gasteiger partial charge in [0.1, 0.15) is 6.29 Å². The third-order valence-electron chi connectivity index (χ3n) is 3.30. The first-order valence-electron chi connectivity index (χ1n) is 5.82. The summed E-state index contributed by atoms with van der Waals surface area (Å²) in [6.45, 7) is 2.25. The molecule has 13 heavy (non-hydrogen) atoms. The van der Waals surface area contributed by atoms with E-state index in [1.54, 1.807) is 0 Å². The van der Waals surface area contributed by atoms with Gasteiger partial charge >= 0.3 is 0 Å². The van der Waals surface area contributed by atoms with Gasteiger partial charge in [-0.1, -0.05) is 32.6 Å². The largest absolute Gasteiger partial charge is 0.303 e. The van der Waals surface area contributed by atoms with Gasteiger partial charge < -0.3 is 4.79 Å². The number of aldehydes is 1. The molecule has 1 rings (SSSR count). The quantitative estimate of drug-likeness (QED) is 0.469. The van der Waals surface area contributed by atoms with E-state index >= 15 is 0 Å². The van der Waals surface area contributed by atoms with Crippen molar-refractivity contribution in [2.45, 2.75) is 58.3 Å². The zero-order valence-electron chi connectivity index (χ0n) is 8.80. The van der Waals surface area contributed by atoms with Crippen LogP contribution in [0.25, 0.3) is 0 Å². The lowest BCUT2D eigenvalue weighted by atomic mass is 9.80. The molecule has 1 fully saturated rings. The minimum atomic E-state index is 0.391. The fraction of sp³-hybridized carbons (Fsp3) is 0.917. The van der Waals surface area contributed by atoms with E-state index in [1.165, 1.54) is 38.5 Å². The summed E-state index contributed by atoms with van der Waals surface area (Å²) in [5.74, 6) is 1.32. The molecule has 0 atom stereocenters. The normalized spacial score (nSPS) is 28.7. The molecule has 1 saturated carbocycles. The molecule has 1 heteroatoms. The van der Waals surface area contributed by atoms with Crippen molar-refractivity contribution in [3.05, 3.63) is 0 Å². The summed E-state index contributed by atoms with van der Waals surface area (Å²) >= 11 is 0. The Morgan fingerprint density at radius 3 is 2.38 bits per heavy atom. The zero-order chi connectivity index (χ0) is 9.52. The van der Waals surface area contributed by atoms with E-state index in [0.717, 1.165) is 25.0 Å². The van der Waals surface area contributed by atoms with Crippen LogP contribution in [0, 0.1) is 11.8 Å². The lowest BCUT2D eigenvalue weighted by Gasteiger charge is -2.25. The number of rotatable bonds is 5. The summed E-state index contributed by atoms with van der Waals surface area (Å²) in [5, 5.41) is 0. The topological polar surface area (TPSA) is 17.1 Å². The summed E-state index contributed by atoms with van der Waals surface area (Å²) in [7, 11) is 0. The van der Waals surface area contributed by atoms with Crippen LogP contribution in [0.4, 0.5) is 0 Å². The molecule has 1 aliphatic carbocycles. The number of carbonyl (C=O) groups excluding carboxylic acids is 1. The highest BCUT2D eigenvalue weighted by molar-refractivity contribution is 5.53. The van der Waals surface area contributed by atoms with E-state index < -0.39 is 0 Å². The van der Waals surface area contributed by atoms with Crippen molar-refractivity contribution in [2.24, 2.45) is 11.8 Å². The monoisotopic (exact) mass is 182 g/mol. The molecule has 0 spiro atoms. The van der Waals surface area contributed by atoms with E-state index in [1.807, 2.05) is 0 Å². The van der Waals surface area contributed by atoms with Crippen molar-refractivity contribution in [3.8, 4) is 0 Å². The maximum atomic E-state index is 10.5. The molecule has 1 aliphatic rings. The summed E-state index contributed by atoms with van der Waals surface area (Å²) < 4.78 is 0. The Bertz CT molecular complexity index is 134. The predicted molar refractivity (Wildman–Crippen MR) is 55.7 cm³/mol. The van der Waals surface area contributed by atoms with Crippen LogP contribution in [0.15, 0.2) is 0 Å². The van der Waals surface area contributed by atoms with E-state index in [9.17, 15) is 4.79 Å². The second-order valence-electron chi connectivity index (χ2n) is 4.41. The third kappa shape index (κ3) is 3.93. The summed E-state index contributed by atoms with van der Waals surface area (Å²) in [6, 6.07) is 0. The van der Waals surface area contributed by atoms with Gasteiger partial charge in [0.2, 0.25) is 0 Å². The third-order valence-corrected chi connectivity index (χ3v) is 3.30. The van der Waals surface area contributed by atoms with E-state index in [4.69, 9.17) is 0 Å². The van der Waals surface area contributed by atoms with Crippen molar-refractivity contribution >= 4 is 6.29 Å². The maximum absolute atomic E-state index is 10.5. The summed E-state index contributed by atoms with van der Waals surface area (Å²) in [5.41, 5.74) is 0. The fourth-order valence-electron chi connectivity index (χ4n) is 2.30. The van der Waals surface area contributed by atoms with Gasteiger partial charge in [0, 0.05) is 5.92 Å². The number of carbonyl (C=O) groups is 1. The van der Waals surface area contributed by atoms with Crippen LogP contribution in [0.2, 0.25) is 0 Å². The number of hydrogen-bond donors (Lipinski definition) is 0. The van der Waals surface area contributed by atoms with Crippen molar-refractivity contribution < 1.29 is 4.79 Å². The lowest BCUT2D eigenvalue weighted by molar-refractivity contribution is -0.112. The Morgan fingerprint density at radius 2 is 1.85 bits per heavy atom. The lowest BCUT2D eigenvalue weighted by Crippen LogP contribution is -2.15. The van der Waals surface area contributed by atoms with Crippen LogP contribution in [-0.4, -0.2) is 6.29 Å². The van der Waals surface area contributed by atoms with Gasteiger partial charge in [-0.05, 0) is 31.6 Å². The van der Waals surface area contributed by atoms with Crippen LogP contribution < -0.4 is 0 Å². The van der Waals surface area contributed by atoms with Crippen molar-refractivity contribution in [3.63, 3.8) is 0 Å². The predicted octanol–water partition coefficient (Wildman–Crippen LogP) is 3.57. The number of hydrogen-bond acceptors (Lipinski definition) is 1. The Balaban J connectivity index is 2.07. The maximum Gasteiger partial charge on any atom is 0.123 e. The van der Waals surface area contributed by atoms with Crippen LogP contribution in [0.5, 0.6) is 0 Å². The van der Waals surface area contributed by atoms with E-state index in [2.05, 4.69) is 6.92 Å². The first kappa shape index (κ1) is 10.7. The molecule has 0 saturated heterocycles. The average Bonchev–Trinajstić information content (AvgIpc) is 2.19. The molecule has 0 bridgehead atoms. The minimum Gasteiger partial charge on any atom is -0.303 e. The highest BCUT2D eigenvalue weighted by Gasteiger charge is 2.19. The molecular weight excluding hydrogens is 160 g/mol. The van der Waals surface area contributed by atoms with Gasteiger partial charge in [-0.2, -0.15) is 0 Å². The molecule has 0 aromatic rings. The molecule has 1 nitrogen and oxygen atoms in total. The second kappa shape index (κ2) is 6.17. The average molecular weight is 182 g/mol. The summed E-state index contributed by atoms with van der Waals surface area (Å²) in [4.78, 5) is 10.5. The van der Waals surface area contributed by atoms with Crippen molar-refractivity contribution in [2.75, 3.05) is 0 Å². The molecule has 76 valence electrons. The van der Waals surface area contributed by atoms with Gasteiger partial charge in [0.25, 0.3) is 0 Å². The van der Waals surface area contributed by atoms with E-state index in [0.29, 0.717) is 5.92 Å². The SMILES string of the molecule is CCCCC[C@H]1CC[C@H](C=O)CC1. The molecule has 0 heterocycles. The van der Waals surface area contributed by atoms with Gasteiger partial charge in [-0.15, -0.1) is 0 Å². The van der Waals surface area contributed by atoms with Gasteiger partial charge in [0.15, 0.2) is 0 Å². The van der Waals surface area contributed by atoms with Crippen LogP contribution in [0.1, 0.15) is 58.3 Å². The van der Waals surface area contributed by atoms with Gasteiger partial charge in [-0.3, -0.25) is 0 Å². The number of unbranched alkanes of at least 4 members (excludes halogenated alkanes) is 2. The second-order valence-corrected chi connectivity index (χ2v) is 4.41. The van der Waals surface area contributed by atoms with Gasteiger partial charge in [-0.25, -0.2) is 0 Å². The standard InChI is InChI=1S/C12H22O/c1-2-3-4-5-11-6-8-12(10-13)9-7-11/h10-12H,2-9H2,1H3/t11-,12-. The summed E-state index contributed by atoms with van der Waals surface area (Å²) in [6.07, 6.45) is 11.6. The smallest absolute Gasteiger partial charge is 0.123 e. The Labute approximate surface area is 81.9 Å². The molecule has 0 N–H and O–H groups in total. The highest BCUT2D eigenvalue weighted by atomic mass is 16.1. The zero-order valence-corrected chi connectivity index (χ0v) is 8.80. The fourth-order valence-corrected chi connectivity index (χ4v) is 2.30. The molecule has 0 aromatic heterocycles. The molecule has 0 radical (unpaired) electrons. The van der Waals surface area contributed by atoms with Crippen molar-refractivity contribution in [1.29, 1.82) is 0 Å².